The number of aliphatic hydroxyl groups is 1. The normalized spacial score (nSPS) is 9.00. The molecule has 0 aliphatic rings. The topological polar surface area (TPSA) is 81.8 Å². The molecule has 1 aromatic heterocycles. The lowest BCUT2D eigenvalue weighted by Gasteiger charge is -2.00. The van der Waals surface area contributed by atoms with Gasteiger partial charge in [0.15, 0.2) is 5.69 Å². The van der Waals surface area contributed by atoms with Crippen molar-refractivity contribution in [2.24, 2.45) is 0 Å². The lowest BCUT2D eigenvalue weighted by molar-refractivity contribution is 0.311. The lowest BCUT2D eigenvalue weighted by atomic mass is 10.5. The van der Waals surface area contributed by atoms with Crippen LogP contribution in [0.3, 0.4) is 0 Å². The van der Waals surface area contributed by atoms with Crippen molar-refractivity contribution in [3.63, 3.8) is 0 Å². The minimum Gasteiger partial charge on any atom is -0.395 e. The lowest BCUT2D eigenvalue weighted by Crippen LogP contribution is -2.07. The van der Waals surface area contributed by atoms with Crippen LogP contribution < -0.4 is 5.32 Å². The van der Waals surface area contributed by atoms with Crippen LogP contribution in [0.4, 0.5) is 5.82 Å². The van der Waals surface area contributed by atoms with Crippen molar-refractivity contribution in [1.29, 1.82) is 5.26 Å². The molecule has 0 atom stereocenters. The van der Waals surface area contributed by atoms with Gasteiger partial charge in [-0.2, -0.15) is 5.26 Å². The smallest absolute Gasteiger partial charge is 0.158 e. The van der Waals surface area contributed by atoms with Crippen molar-refractivity contribution in [2.45, 2.75) is 0 Å². The van der Waals surface area contributed by atoms with Gasteiger partial charge in [0.05, 0.1) is 19.0 Å². The molecule has 0 bridgehead atoms. The predicted molar refractivity (Wildman–Crippen MR) is 42.3 cm³/mol. The fourth-order valence-corrected chi connectivity index (χ4v) is 0.661. The summed E-state index contributed by atoms with van der Waals surface area (Å²) in [6, 6.07) is 1.86. The highest BCUT2D eigenvalue weighted by molar-refractivity contribution is 5.32. The van der Waals surface area contributed by atoms with Gasteiger partial charge in [0.2, 0.25) is 0 Å². The summed E-state index contributed by atoms with van der Waals surface area (Å²) < 4.78 is 0. The first-order valence-corrected chi connectivity index (χ1v) is 3.43. The molecule has 62 valence electrons. The van der Waals surface area contributed by atoms with Crippen LogP contribution >= 0.6 is 0 Å². The van der Waals surface area contributed by atoms with Gasteiger partial charge in [-0.25, -0.2) is 9.97 Å². The monoisotopic (exact) mass is 164 g/mol. The Balaban J connectivity index is 2.60. The summed E-state index contributed by atoms with van der Waals surface area (Å²) in [6.45, 7) is 0.474. The molecule has 5 heteroatoms. The fourth-order valence-electron chi connectivity index (χ4n) is 0.661. The van der Waals surface area contributed by atoms with E-state index in [1.54, 1.807) is 0 Å². The van der Waals surface area contributed by atoms with E-state index in [1.165, 1.54) is 12.4 Å². The second-order valence-corrected chi connectivity index (χ2v) is 2.05. The molecule has 5 nitrogen and oxygen atoms in total. The zero-order chi connectivity index (χ0) is 8.81. The summed E-state index contributed by atoms with van der Waals surface area (Å²) in [4.78, 5) is 7.66. The average Bonchev–Trinajstić information content (AvgIpc) is 2.15. The molecule has 2 N–H and O–H groups in total. The minimum atomic E-state index is 0.0433. The van der Waals surface area contributed by atoms with Crippen molar-refractivity contribution in [3.05, 3.63) is 18.1 Å². The molecule has 1 heterocycles. The maximum atomic E-state index is 8.47. The van der Waals surface area contributed by atoms with Gasteiger partial charge in [-0.15, -0.1) is 0 Å². The first-order chi connectivity index (χ1) is 5.86. The van der Waals surface area contributed by atoms with E-state index in [4.69, 9.17) is 10.4 Å². The zero-order valence-corrected chi connectivity index (χ0v) is 6.36. The van der Waals surface area contributed by atoms with Crippen LogP contribution in [0, 0.1) is 11.3 Å². The minimum absolute atomic E-state index is 0.0433. The molecule has 0 aliphatic heterocycles. The molecule has 0 saturated heterocycles. The molecule has 0 unspecified atom stereocenters. The standard InChI is InChI=1S/C7H8N4O/c8-3-6-4-11-7(5-10-6)9-1-2-12/h4-5,12H,1-2H2,(H,9,11). The number of rotatable bonds is 3. The molecule has 0 fully saturated rings. The zero-order valence-electron chi connectivity index (χ0n) is 6.36. The second kappa shape index (κ2) is 4.26. The Kier molecular flexibility index (Phi) is 2.99. The number of hydrogen-bond acceptors (Lipinski definition) is 5. The highest BCUT2D eigenvalue weighted by atomic mass is 16.3. The van der Waals surface area contributed by atoms with Crippen molar-refractivity contribution < 1.29 is 5.11 Å². The van der Waals surface area contributed by atoms with E-state index in [0.717, 1.165) is 0 Å². The SMILES string of the molecule is N#Cc1cnc(NCCO)cn1. The van der Waals surface area contributed by atoms with E-state index in [2.05, 4.69) is 15.3 Å². The molecule has 1 rings (SSSR count). The van der Waals surface area contributed by atoms with Gasteiger partial charge in [-0.1, -0.05) is 0 Å². The van der Waals surface area contributed by atoms with E-state index < -0.39 is 0 Å². The highest BCUT2D eigenvalue weighted by Gasteiger charge is 1.93. The van der Waals surface area contributed by atoms with Crippen LogP contribution in [-0.4, -0.2) is 28.2 Å². The second-order valence-electron chi connectivity index (χ2n) is 2.05. The largest absolute Gasteiger partial charge is 0.395 e. The Hall–Kier alpha value is -1.67. The highest BCUT2D eigenvalue weighted by Crippen LogP contribution is 1.98. The maximum absolute atomic E-state index is 8.47. The van der Waals surface area contributed by atoms with E-state index in [-0.39, 0.29) is 12.3 Å². The van der Waals surface area contributed by atoms with Gasteiger partial charge < -0.3 is 10.4 Å². The molecule has 0 aliphatic carbocycles. The Morgan fingerprint density at radius 3 is 2.83 bits per heavy atom. The average molecular weight is 164 g/mol. The molecular formula is C7H8N4O. The van der Waals surface area contributed by atoms with Gasteiger partial charge in [0.25, 0.3) is 0 Å². The maximum Gasteiger partial charge on any atom is 0.158 e. The van der Waals surface area contributed by atoms with Crippen molar-refractivity contribution in [2.75, 3.05) is 18.5 Å². The van der Waals surface area contributed by atoms with Crippen LogP contribution in [0.15, 0.2) is 12.4 Å². The molecule has 0 aromatic carbocycles. The number of nitrogens with zero attached hydrogens (tertiary/aromatic N) is 3. The summed E-state index contributed by atoms with van der Waals surface area (Å²) >= 11 is 0. The first kappa shape index (κ1) is 8.43. The van der Waals surface area contributed by atoms with Crippen LogP contribution in [0.1, 0.15) is 5.69 Å². The van der Waals surface area contributed by atoms with Gasteiger partial charge >= 0.3 is 0 Å². The van der Waals surface area contributed by atoms with E-state index in [1.807, 2.05) is 6.07 Å². The molecule has 12 heavy (non-hydrogen) atoms. The molecule has 0 spiro atoms. The summed E-state index contributed by atoms with van der Waals surface area (Å²) in [5.41, 5.74) is 0.282. The number of hydrogen-bond donors (Lipinski definition) is 2. The summed E-state index contributed by atoms with van der Waals surface area (Å²) in [7, 11) is 0. The fraction of sp³-hybridized carbons (Fsp3) is 0.286. The summed E-state index contributed by atoms with van der Waals surface area (Å²) in [5.74, 6) is 0.558. The summed E-state index contributed by atoms with van der Waals surface area (Å²) in [6.07, 6.45) is 2.83. The third kappa shape index (κ3) is 2.18. The molecule has 0 saturated carbocycles. The van der Waals surface area contributed by atoms with Crippen molar-refractivity contribution in [3.8, 4) is 6.07 Å². The summed E-state index contributed by atoms with van der Waals surface area (Å²) in [5, 5.41) is 19.7. The Bertz CT molecular complexity index is 276. The predicted octanol–water partition coefficient (Wildman–Crippen LogP) is -0.248. The molecular weight excluding hydrogens is 156 g/mol. The van der Waals surface area contributed by atoms with E-state index in [0.29, 0.717) is 12.4 Å². The van der Waals surface area contributed by atoms with Crippen LogP contribution in [-0.2, 0) is 0 Å². The van der Waals surface area contributed by atoms with Crippen LogP contribution in [0.5, 0.6) is 0 Å². The number of nitriles is 1. The molecule has 0 radical (unpaired) electrons. The van der Waals surface area contributed by atoms with Gasteiger partial charge in [-0.05, 0) is 0 Å². The first-order valence-electron chi connectivity index (χ1n) is 3.43. The Morgan fingerprint density at radius 1 is 1.50 bits per heavy atom. The molecule has 0 amide bonds. The van der Waals surface area contributed by atoms with Gasteiger partial charge in [0, 0.05) is 6.54 Å². The van der Waals surface area contributed by atoms with E-state index >= 15 is 0 Å². The van der Waals surface area contributed by atoms with Crippen LogP contribution in [0.2, 0.25) is 0 Å². The number of anilines is 1. The van der Waals surface area contributed by atoms with Crippen LogP contribution in [0.25, 0.3) is 0 Å². The van der Waals surface area contributed by atoms with E-state index in [9.17, 15) is 0 Å². The Morgan fingerprint density at radius 2 is 2.33 bits per heavy atom. The van der Waals surface area contributed by atoms with Crippen molar-refractivity contribution in [1.82, 2.24) is 9.97 Å². The third-order valence-corrected chi connectivity index (χ3v) is 1.18. The third-order valence-electron chi connectivity index (χ3n) is 1.18. The molecule has 1 aromatic rings. The Labute approximate surface area is 69.7 Å². The number of nitrogens with one attached hydrogen (secondary N) is 1. The number of aromatic nitrogens is 2. The van der Waals surface area contributed by atoms with Crippen molar-refractivity contribution >= 4 is 5.82 Å². The van der Waals surface area contributed by atoms with Gasteiger partial charge in [-0.3, -0.25) is 0 Å². The number of aliphatic hydroxyl groups excluding tert-OH is 1. The van der Waals surface area contributed by atoms with Gasteiger partial charge in [0.1, 0.15) is 11.9 Å². The quantitative estimate of drug-likeness (QED) is 0.643.